The molecule has 1 heterocycles. The lowest BCUT2D eigenvalue weighted by molar-refractivity contribution is -0.0471. The molecule has 5 nitrogen and oxygen atoms in total. The number of nitrogens with one attached hydrogen (secondary N) is 1. The van der Waals surface area contributed by atoms with Crippen molar-refractivity contribution in [1.29, 1.82) is 0 Å². The molecule has 104 valence electrons. The van der Waals surface area contributed by atoms with Crippen molar-refractivity contribution in [3.05, 3.63) is 28.2 Å². The molecule has 1 aliphatic heterocycles. The number of rotatable bonds is 4. The zero-order chi connectivity index (χ0) is 13.8. The second kappa shape index (κ2) is 6.36. The van der Waals surface area contributed by atoms with Crippen LogP contribution in [0.1, 0.15) is 17.3 Å². The minimum atomic E-state index is -0.507. The Bertz CT molecular complexity index is 467. The number of halogens is 1. The van der Waals surface area contributed by atoms with Crippen LogP contribution in [0.25, 0.3) is 0 Å². The third-order valence-electron chi connectivity index (χ3n) is 2.86. The largest absolute Gasteiger partial charge is 0.490 e. The van der Waals surface area contributed by atoms with Crippen LogP contribution in [0.5, 0.6) is 5.75 Å². The van der Waals surface area contributed by atoms with E-state index in [1.165, 1.54) is 0 Å². The molecule has 19 heavy (non-hydrogen) atoms. The van der Waals surface area contributed by atoms with Gasteiger partial charge in [-0.15, -0.1) is 0 Å². The van der Waals surface area contributed by atoms with Gasteiger partial charge < -0.3 is 20.5 Å². The van der Waals surface area contributed by atoms with Gasteiger partial charge in [-0.2, -0.15) is 0 Å². The van der Waals surface area contributed by atoms with Gasteiger partial charge in [-0.25, -0.2) is 0 Å². The van der Waals surface area contributed by atoms with E-state index < -0.39 is 5.91 Å². The minimum absolute atomic E-state index is 0.0203. The highest BCUT2D eigenvalue weighted by molar-refractivity contribution is 9.10. The van der Waals surface area contributed by atoms with Crippen molar-refractivity contribution in [2.24, 2.45) is 5.73 Å². The first-order valence-corrected chi connectivity index (χ1v) is 6.94. The first kappa shape index (κ1) is 14.3. The van der Waals surface area contributed by atoms with Crippen LogP contribution in [0.15, 0.2) is 22.7 Å². The lowest BCUT2D eigenvalue weighted by Crippen LogP contribution is -2.45. The lowest BCUT2D eigenvalue weighted by Gasteiger charge is -2.28. The van der Waals surface area contributed by atoms with Gasteiger partial charge in [-0.1, -0.05) is 15.9 Å². The maximum Gasteiger partial charge on any atom is 0.252 e. The first-order chi connectivity index (χ1) is 9.06. The average molecular weight is 329 g/mol. The molecule has 1 amide bonds. The van der Waals surface area contributed by atoms with Crippen molar-refractivity contribution >= 4 is 21.8 Å². The number of benzene rings is 1. The van der Waals surface area contributed by atoms with Gasteiger partial charge in [0.05, 0.1) is 11.7 Å². The van der Waals surface area contributed by atoms with E-state index in [1.807, 2.05) is 13.0 Å². The van der Waals surface area contributed by atoms with E-state index in [0.29, 0.717) is 17.9 Å². The van der Waals surface area contributed by atoms with Crippen molar-refractivity contribution in [3.63, 3.8) is 0 Å². The number of morpholine rings is 1. The molecule has 1 fully saturated rings. The van der Waals surface area contributed by atoms with Gasteiger partial charge in [0.2, 0.25) is 0 Å². The standard InChI is InChI=1S/C13H17BrN2O3/c1-8-5-16-6-10(19-8)7-18-12-3-2-9(14)4-11(12)13(15)17/h2-4,8,10,16H,5-7H2,1H3,(H2,15,17). The Kier molecular flexibility index (Phi) is 4.79. The molecule has 1 saturated heterocycles. The van der Waals surface area contributed by atoms with E-state index in [1.54, 1.807) is 12.1 Å². The summed E-state index contributed by atoms with van der Waals surface area (Å²) in [5, 5.41) is 3.26. The Labute approximate surface area is 120 Å². The maximum atomic E-state index is 11.4. The topological polar surface area (TPSA) is 73.6 Å². The molecule has 1 aromatic carbocycles. The third-order valence-corrected chi connectivity index (χ3v) is 3.35. The normalized spacial score (nSPS) is 23.1. The summed E-state index contributed by atoms with van der Waals surface area (Å²) in [6.45, 7) is 3.99. The molecule has 0 aromatic heterocycles. The highest BCUT2D eigenvalue weighted by Crippen LogP contribution is 2.23. The fourth-order valence-electron chi connectivity index (χ4n) is 1.97. The fourth-order valence-corrected chi connectivity index (χ4v) is 2.33. The minimum Gasteiger partial charge on any atom is -0.490 e. The monoisotopic (exact) mass is 328 g/mol. The van der Waals surface area contributed by atoms with E-state index in [2.05, 4.69) is 21.2 Å². The number of ether oxygens (including phenoxy) is 2. The predicted molar refractivity (Wildman–Crippen MR) is 75.4 cm³/mol. The average Bonchev–Trinajstić information content (AvgIpc) is 2.37. The zero-order valence-corrected chi connectivity index (χ0v) is 12.3. The zero-order valence-electron chi connectivity index (χ0n) is 10.7. The fraction of sp³-hybridized carbons (Fsp3) is 0.462. The highest BCUT2D eigenvalue weighted by Gasteiger charge is 2.20. The molecule has 2 unspecified atom stereocenters. The number of carbonyl (C=O) groups excluding carboxylic acids is 1. The SMILES string of the molecule is CC1CNCC(COc2ccc(Br)cc2C(N)=O)O1. The van der Waals surface area contributed by atoms with E-state index in [4.69, 9.17) is 15.2 Å². The van der Waals surface area contributed by atoms with Gasteiger partial charge in [0, 0.05) is 17.6 Å². The molecule has 6 heteroatoms. The Balaban J connectivity index is 2.01. The predicted octanol–water partition coefficient (Wildman–Crippen LogP) is 1.30. The molecule has 0 aliphatic carbocycles. The van der Waals surface area contributed by atoms with Gasteiger partial charge in [-0.05, 0) is 25.1 Å². The maximum absolute atomic E-state index is 11.4. The van der Waals surface area contributed by atoms with Crippen molar-refractivity contribution in [3.8, 4) is 5.75 Å². The summed E-state index contributed by atoms with van der Waals surface area (Å²) >= 11 is 3.30. The smallest absolute Gasteiger partial charge is 0.252 e. The first-order valence-electron chi connectivity index (χ1n) is 6.14. The van der Waals surface area contributed by atoms with Crippen LogP contribution in [0, 0.1) is 0 Å². The lowest BCUT2D eigenvalue weighted by atomic mass is 10.2. The summed E-state index contributed by atoms with van der Waals surface area (Å²) in [6, 6.07) is 5.19. The molecule has 0 radical (unpaired) electrons. The number of primary amides is 1. The molecule has 2 atom stereocenters. The van der Waals surface area contributed by atoms with Crippen molar-refractivity contribution in [1.82, 2.24) is 5.32 Å². The van der Waals surface area contributed by atoms with Crippen LogP contribution < -0.4 is 15.8 Å². The number of nitrogens with two attached hydrogens (primary N) is 1. The van der Waals surface area contributed by atoms with Gasteiger partial charge in [0.1, 0.15) is 18.5 Å². The number of hydrogen-bond donors (Lipinski definition) is 2. The van der Waals surface area contributed by atoms with Crippen LogP contribution in [-0.2, 0) is 4.74 Å². The van der Waals surface area contributed by atoms with Crippen LogP contribution >= 0.6 is 15.9 Å². The Morgan fingerprint density at radius 1 is 1.58 bits per heavy atom. The molecular formula is C13H17BrN2O3. The molecule has 0 saturated carbocycles. The van der Waals surface area contributed by atoms with E-state index in [-0.39, 0.29) is 12.2 Å². The number of carbonyl (C=O) groups is 1. The second-order valence-corrected chi connectivity index (χ2v) is 5.46. The van der Waals surface area contributed by atoms with Crippen molar-refractivity contribution in [2.45, 2.75) is 19.1 Å². The summed E-state index contributed by atoms with van der Waals surface area (Å²) in [4.78, 5) is 11.4. The third kappa shape index (κ3) is 3.92. The van der Waals surface area contributed by atoms with Gasteiger partial charge in [0.25, 0.3) is 5.91 Å². The van der Waals surface area contributed by atoms with Crippen molar-refractivity contribution < 1.29 is 14.3 Å². The number of amides is 1. The highest BCUT2D eigenvalue weighted by atomic mass is 79.9. The van der Waals surface area contributed by atoms with Gasteiger partial charge >= 0.3 is 0 Å². The Morgan fingerprint density at radius 3 is 3.05 bits per heavy atom. The van der Waals surface area contributed by atoms with Crippen LogP contribution in [-0.4, -0.2) is 37.8 Å². The summed E-state index contributed by atoms with van der Waals surface area (Å²) in [5.74, 6) is -0.0233. The summed E-state index contributed by atoms with van der Waals surface area (Å²) in [5.41, 5.74) is 5.70. The van der Waals surface area contributed by atoms with E-state index in [0.717, 1.165) is 17.6 Å². The van der Waals surface area contributed by atoms with Crippen LogP contribution in [0.2, 0.25) is 0 Å². The van der Waals surface area contributed by atoms with Crippen LogP contribution in [0.3, 0.4) is 0 Å². The molecular weight excluding hydrogens is 312 g/mol. The Morgan fingerprint density at radius 2 is 2.37 bits per heavy atom. The Hall–Kier alpha value is -1.11. The molecule has 3 N–H and O–H groups in total. The number of hydrogen-bond acceptors (Lipinski definition) is 4. The quantitative estimate of drug-likeness (QED) is 0.873. The molecule has 1 aliphatic rings. The molecule has 1 aromatic rings. The summed E-state index contributed by atoms with van der Waals surface area (Å²) in [6.07, 6.45) is 0.149. The van der Waals surface area contributed by atoms with Gasteiger partial charge in [0.15, 0.2) is 0 Å². The molecule has 0 spiro atoms. The van der Waals surface area contributed by atoms with E-state index >= 15 is 0 Å². The molecule has 0 bridgehead atoms. The second-order valence-electron chi connectivity index (χ2n) is 4.54. The summed E-state index contributed by atoms with van der Waals surface area (Å²) in [7, 11) is 0. The van der Waals surface area contributed by atoms with Gasteiger partial charge in [-0.3, -0.25) is 4.79 Å². The van der Waals surface area contributed by atoms with E-state index in [9.17, 15) is 4.79 Å². The van der Waals surface area contributed by atoms with Crippen molar-refractivity contribution in [2.75, 3.05) is 19.7 Å². The molecule has 2 rings (SSSR count). The summed E-state index contributed by atoms with van der Waals surface area (Å²) < 4.78 is 12.2. The van der Waals surface area contributed by atoms with Crippen LogP contribution in [0.4, 0.5) is 0 Å².